The highest BCUT2D eigenvalue weighted by atomic mass is 16.5. The van der Waals surface area contributed by atoms with Crippen LogP contribution in [0, 0.1) is 0 Å². The van der Waals surface area contributed by atoms with Crippen LogP contribution in [0.1, 0.15) is 23.7 Å². The Kier molecular flexibility index (Phi) is 5.22. The van der Waals surface area contributed by atoms with Crippen molar-refractivity contribution < 1.29 is 9.84 Å². The smallest absolute Gasteiger partial charge is 0.0916 e. The Hall–Kier alpha value is -1.68. The maximum atomic E-state index is 10.3. The molecule has 0 radical (unpaired) electrons. The Morgan fingerprint density at radius 1 is 1.05 bits per heavy atom. The van der Waals surface area contributed by atoms with Crippen molar-refractivity contribution >= 4 is 0 Å². The summed E-state index contributed by atoms with van der Waals surface area (Å²) in [6.45, 7) is 3.23. The largest absolute Gasteiger partial charge is 0.387 e. The molecule has 3 heteroatoms. The second kappa shape index (κ2) is 7.54. The standard InChI is InChI=1S/C19H23NO2/c21-19(17-9-5-2-6-10-17)14-20-12-11-18(13-20)22-15-16-7-3-1-4-8-16/h1-10,18-19,21H,11-15H2/t18-,19+/m0/s1. The van der Waals surface area contributed by atoms with Crippen LogP contribution >= 0.6 is 0 Å². The van der Waals surface area contributed by atoms with E-state index in [1.807, 2.05) is 48.5 Å². The molecule has 3 rings (SSSR count). The Labute approximate surface area is 132 Å². The summed E-state index contributed by atoms with van der Waals surface area (Å²) in [5.41, 5.74) is 2.20. The highest BCUT2D eigenvalue weighted by molar-refractivity contribution is 5.17. The highest BCUT2D eigenvalue weighted by Gasteiger charge is 2.25. The normalized spacial score (nSPS) is 20.1. The predicted octanol–water partition coefficient (Wildman–Crippen LogP) is 3.01. The third-order valence-corrected chi connectivity index (χ3v) is 4.17. The van der Waals surface area contributed by atoms with E-state index in [0.717, 1.165) is 25.1 Å². The van der Waals surface area contributed by atoms with E-state index >= 15 is 0 Å². The molecule has 2 aromatic rings. The van der Waals surface area contributed by atoms with Crippen molar-refractivity contribution in [3.05, 3.63) is 71.8 Å². The molecule has 0 amide bonds. The van der Waals surface area contributed by atoms with Gasteiger partial charge in [0.15, 0.2) is 0 Å². The number of likely N-dealkylation sites (tertiary alicyclic amines) is 1. The number of β-amino-alcohol motifs (C(OH)–C–C–N with tert-alkyl or cyclic N) is 1. The topological polar surface area (TPSA) is 32.7 Å². The second-order valence-corrected chi connectivity index (χ2v) is 5.89. The van der Waals surface area contributed by atoms with E-state index in [0.29, 0.717) is 13.2 Å². The molecule has 0 aliphatic carbocycles. The molecular formula is C19H23NO2. The van der Waals surface area contributed by atoms with Crippen LogP contribution in [0.2, 0.25) is 0 Å². The summed E-state index contributed by atoms with van der Waals surface area (Å²) in [6, 6.07) is 20.1. The van der Waals surface area contributed by atoms with Gasteiger partial charge in [0.1, 0.15) is 0 Å². The molecule has 1 heterocycles. The quantitative estimate of drug-likeness (QED) is 0.889. The van der Waals surface area contributed by atoms with Gasteiger partial charge in [0, 0.05) is 19.6 Å². The number of aliphatic hydroxyl groups is 1. The summed E-state index contributed by atoms with van der Waals surface area (Å²) in [6.07, 6.45) is 0.881. The molecule has 2 aromatic carbocycles. The maximum Gasteiger partial charge on any atom is 0.0916 e. The molecule has 0 spiro atoms. The highest BCUT2D eigenvalue weighted by Crippen LogP contribution is 2.19. The zero-order valence-electron chi connectivity index (χ0n) is 12.8. The zero-order chi connectivity index (χ0) is 15.2. The maximum absolute atomic E-state index is 10.3. The van der Waals surface area contributed by atoms with Crippen LogP contribution in [0.4, 0.5) is 0 Å². The number of hydrogen-bond donors (Lipinski definition) is 1. The third-order valence-electron chi connectivity index (χ3n) is 4.17. The molecule has 1 saturated heterocycles. The summed E-state index contributed by atoms with van der Waals surface area (Å²) in [5, 5.41) is 10.3. The molecule has 1 aliphatic rings. The van der Waals surface area contributed by atoms with E-state index in [4.69, 9.17) is 4.74 Å². The van der Waals surface area contributed by atoms with Crippen molar-refractivity contribution in [2.45, 2.75) is 25.2 Å². The monoisotopic (exact) mass is 297 g/mol. The predicted molar refractivity (Wildman–Crippen MR) is 87.5 cm³/mol. The van der Waals surface area contributed by atoms with Gasteiger partial charge < -0.3 is 9.84 Å². The lowest BCUT2D eigenvalue weighted by Gasteiger charge is -2.20. The molecule has 3 nitrogen and oxygen atoms in total. The molecule has 0 bridgehead atoms. The molecule has 22 heavy (non-hydrogen) atoms. The number of ether oxygens (including phenoxy) is 1. The lowest BCUT2D eigenvalue weighted by atomic mass is 10.1. The van der Waals surface area contributed by atoms with Gasteiger partial charge in [-0.1, -0.05) is 60.7 Å². The molecule has 2 atom stereocenters. The van der Waals surface area contributed by atoms with Crippen LogP contribution in [0.5, 0.6) is 0 Å². The van der Waals surface area contributed by atoms with E-state index in [2.05, 4.69) is 17.0 Å². The van der Waals surface area contributed by atoms with Crippen molar-refractivity contribution in [2.75, 3.05) is 19.6 Å². The van der Waals surface area contributed by atoms with Gasteiger partial charge in [0.25, 0.3) is 0 Å². The van der Waals surface area contributed by atoms with E-state index in [1.54, 1.807) is 0 Å². The fraction of sp³-hybridized carbons (Fsp3) is 0.368. The molecule has 1 fully saturated rings. The molecular weight excluding hydrogens is 274 g/mol. The average molecular weight is 297 g/mol. The number of hydrogen-bond acceptors (Lipinski definition) is 3. The van der Waals surface area contributed by atoms with E-state index in [1.165, 1.54) is 5.56 Å². The fourth-order valence-corrected chi connectivity index (χ4v) is 2.91. The Balaban J connectivity index is 1.44. The summed E-state index contributed by atoms with van der Waals surface area (Å²) >= 11 is 0. The van der Waals surface area contributed by atoms with Gasteiger partial charge in [0.2, 0.25) is 0 Å². The van der Waals surface area contributed by atoms with Crippen molar-refractivity contribution in [3.63, 3.8) is 0 Å². The van der Waals surface area contributed by atoms with Crippen LogP contribution in [-0.2, 0) is 11.3 Å². The molecule has 1 aliphatic heterocycles. The summed E-state index contributed by atoms with van der Waals surface area (Å²) in [4.78, 5) is 2.29. The first kappa shape index (κ1) is 15.2. The van der Waals surface area contributed by atoms with Crippen molar-refractivity contribution in [2.24, 2.45) is 0 Å². The Morgan fingerprint density at radius 3 is 2.45 bits per heavy atom. The molecule has 116 valence electrons. The van der Waals surface area contributed by atoms with E-state index in [-0.39, 0.29) is 6.10 Å². The zero-order valence-corrected chi connectivity index (χ0v) is 12.8. The number of aliphatic hydroxyl groups excluding tert-OH is 1. The first-order valence-electron chi connectivity index (χ1n) is 7.92. The van der Waals surface area contributed by atoms with Crippen molar-refractivity contribution in [1.29, 1.82) is 0 Å². The Morgan fingerprint density at radius 2 is 1.73 bits per heavy atom. The van der Waals surface area contributed by atoms with Crippen LogP contribution in [0.25, 0.3) is 0 Å². The fourth-order valence-electron chi connectivity index (χ4n) is 2.91. The third kappa shape index (κ3) is 4.17. The average Bonchev–Trinajstić information content (AvgIpc) is 3.02. The van der Waals surface area contributed by atoms with Crippen LogP contribution in [-0.4, -0.2) is 35.7 Å². The van der Waals surface area contributed by atoms with Gasteiger partial charge in [-0.2, -0.15) is 0 Å². The first-order valence-corrected chi connectivity index (χ1v) is 7.92. The minimum absolute atomic E-state index is 0.267. The second-order valence-electron chi connectivity index (χ2n) is 5.89. The van der Waals surface area contributed by atoms with Gasteiger partial charge in [-0.15, -0.1) is 0 Å². The SMILES string of the molecule is O[C@H](CN1CC[C@H](OCc2ccccc2)C1)c1ccccc1. The molecule has 0 saturated carbocycles. The van der Waals surface area contributed by atoms with Gasteiger partial charge in [0.05, 0.1) is 18.8 Å². The number of benzene rings is 2. The van der Waals surface area contributed by atoms with Crippen molar-refractivity contribution in [3.8, 4) is 0 Å². The molecule has 0 unspecified atom stereocenters. The van der Waals surface area contributed by atoms with Crippen LogP contribution < -0.4 is 0 Å². The minimum atomic E-state index is -0.422. The summed E-state index contributed by atoms with van der Waals surface area (Å²) in [5.74, 6) is 0. The van der Waals surface area contributed by atoms with Crippen molar-refractivity contribution in [1.82, 2.24) is 4.90 Å². The summed E-state index contributed by atoms with van der Waals surface area (Å²) < 4.78 is 5.98. The first-order chi connectivity index (χ1) is 10.8. The minimum Gasteiger partial charge on any atom is -0.387 e. The number of nitrogens with zero attached hydrogens (tertiary/aromatic N) is 1. The number of rotatable bonds is 6. The van der Waals surface area contributed by atoms with Gasteiger partial charge >= 0.3 is 0 Å². The molecule has 1 N–H and O–H groups in total. The van der Waals surface area contributed by atoms with Gasteiger partial charge in [-0.25, -0.2) is 0 Å². The lowest BCUT2D eigenvalue weighted by molar-refractivity contribution is 0.0417. The Bertz CT molecular complexity index is 558. The van der Waals surface area contributed by atoms with E-state index < -0.39 is 6.10 Å². The lowest BCUT2D eigenvalue weighted by Crippen LogP contribution is -2.28. The molecule has 0 aromatic heterocycles. The van der Waals surface area contributed by atoms with Gasteiger partial charge in [-0.3, -0.25) is 4.90 Å². The van der Waals surface area contributed by atoms with Crippen LogP contribution in [0.15, 0.2) is 60.7 Å². The van der Waals surface area contributed by atoms with E-state index in [9.17, 15) is 5.11 Å². The summed E-state index contributed by atoms with van der Waals surface area (Å²) in [7, 11) is 0. The van der Waals surface area contributed by atoms with Gasteiger partial charge in [-0.05, 0) is 17.5 Å². The van der Waals surface area contributed by atoms with Crippen LogP contribution in [0.3, 0.4) is 0 Å².